The van der Waals surface area contributed by atoms with Gasteiger partial charge < -0.3 is 25.3 Å². The number of nitrogens with zero attached hydrogens (tertiary/aromatic N) is 2. The summed E-state index contributed by atoms with van der Waals surface area (Å²) in [7, 11) is 3.55. The van der Waals surface area contributed by atoms with Crippen molar-refractivity contribution >= 4 is 16.9 Å². The average molecular weight is 371 g/mol. The fraction of sp³-hybridized carbons (Fsp3) is 0.600. The first-order valence-electron chi connectivity index (χ1n) is 9.80. The molecule has 1 amide bonds. The second-order valence-corrected chi connectivity index (χ2v) is 7.96. The van der Waals surface area contributed by atoms with Crippen molar-refractivity contribution in [3.63, 3.8) is 0 Å². The number of benzene rings is 1. The van der Waals surface area contributed by atoms with E-state index in [4.69, 9.17) is 4.74 Å². The Morgan fingerprint density at radius 2 is 2.19 bits per heavy atom. The van der Waals surface area contributed by atoms with E-state index in [9.17, 15) is 4.79 Å². The zero-order valence-electron chi connectivity index (χ0n) is 16.2. The minimum Gasteiger partial charge on any atom is -0.497 e. The van der Waals surface area contributed by atoms with Crippen LogP contribution in [0.15, 0.2) is 18.2 Å². The molecule has 7 nitrogen and oxygen atoms in total. The van der Waals surface area contributed by atoms with E-state index in [2.05, 4.69) is 20.6 Å². The summed E-state index contributed by atoms with van der Waals surface area (Å²) in [6.07, 6.45) is 4.00. The lowest BCUT2D eigenvalue weighted by Gasteiger charge is -2.33. The van der Waals surface area contributed by atoms with Crippen LogP contribution in [0.25, 0.3) is 11.0 Å². The maximum Gasteiger partial charge on any atom is 0.239 e. The Kier molecular flexibility index (Phi) is 5.06. The molecule has 2 saturated heterocycles. The monoisotopic (exact) mass is 371 g/mol. The molecule has 146 valence electrons. The Labute approximate surface area is 159 Å². The third-order valence-corrected chi connectivity index (χ3v) is 6.12. The third kappa shape index (κ3) is 3.80. The lowest BCUT2D eigenvalue weighted by molar-refractivity contribution is -0.131. The van der Waals surface area contributed by atoms with E-state index >= 15 is 0 Å². The summed E-state index contributed by atoms with van der Waals surface area (Å²) in [6, 6.07) is 5.75. The lowest BCUT2D eigenvalue weighted by Crippen LogP contribution is -2.42. The molecule has 2 fully saturated rings. The van der Waals surface area contributed by atoms with Crippen molar-refractivity contribution in [3.05, 3.63) is 24.0 Å². The first kappa shape index (κ1) is 18.3. The molecule has 0 saturated carbocycles. The van der Waals surface area contributed by atoms with E-state index in [0.717, 1.165) is 61.5 Å². The van der Waals surface area contributed by atoms with E-state index in [1.54, 1.807) is 7.11 Å². The minimum absolute atomic E-state index is 0.0481. The van der Waals surface area contributed by atoms with Gasteiger partial charge in [-0.15, -0.1) is 0 Å². The van der Waals surface area contributed by atoms with E-state index in [1.807, 2.05) is 30.1 Å². The predicted molar refractivity (Wildman–Crippen MR) is 105 cm³/mol. The van der Waals surface area contributed by atoms with Crippen molar-refractivity contribution in [3.8, 4) is 5.75 Å². The number of hydrogen-bond acceptors (Lipinski definition) is 5. The fourth-order valence-corrected chi connectivity index (χ4v) is 4.37. The Hall–Kier alpha value is -2.12. The number of carbonyl (C=O) groups is 1. The van der Waals surface area contributed by atoms with Crippen LogP contribution in [0.1, 0.15) is 25.1 Å². The van der Waals surface area contributed by atoms with Crippen LogP contribution in [0.5, 0.6) is 5.75 Å². The van der Waals surface area contributed by atoms with Crippen molar-refractivity contribution in [2.24, 2.45) is 5.41 Å². The minimum atomic E-state index is -0.0481. The molecule has 3 heterocycles. The van der Waals surface area contributed by atoms with Crippen LogP contribution in [-0.4, -0.2) is 67.2 Å². The molecule has 0 bridgehead atoms. The van der Waals surface area contributed by atoms with Crippen molar-refractivity contribution in [1.29, 1.82) is 0 Å². The number of hydrogen-bond donors (Lipinski definition) is 3. The number of fused-ring (bicyclic) bond motifs is 1. The largest absolute Gasteiger partial charge is 0.497 e. The Bertz CT molecular complexity index is 812. The van der Waals surface area contributed by atoms with Crippen molar-refractivity contribution in [1.82, 2.24) is 25.5 Å². The van der Waals surface area contributed by atoms with Crippen LogP contribution in [0.2, 0.25) is 0 Å². The number of rotatable bonds is 5. The SMILES string of the molecule is COc1ccc2nc(CCN(C)C(=O)C3CC4(CCNCC4)CN3)[nH]c2c1. The molecule has 27 heavy (non-hydrogen) atoms. The highest BCUT2D eigenvalue weighted by atomic mass is 16.5. The van der Waals surface area contributed by atoms with Gasteiger partial charge in [0.15, 0.2) is 0 Å². The van der Waals surface area contributed by atoms with E-state index in [1.165, 1.54) is 0 Å². The maximum atomic E-state index is 12.8. The average Bonchev–Trinajstić information content (AvgIpc) is 3.29. The molecule has 2 aliphatic heterocycles. The van der Waals surface area contributed by atoms with Gasteiger partial charge in [0.1, 0.15) is 11.6 Å². The highest BCUT2D eigenvalue weighted by Crippen LogP contribution is 2.37. The van der Waals surface area contributed by atoms with Gasteiger partial charge in [-0.05, 0) is 49.9 Å². The molecule has 4 rings (SSSR count). The second-order valence-electron chi connectivity index (χ2n) is 7.96. The lowest BCUT2D eigenvalue weighted by atomic mass is 9.77. The normalized spacial score (nSPS) is 21.6. The van der Waals surface area contributed by atoms with E-state index in [0.29, 0.717) is 18.4 Å². The Morgan fingerprint density at radius 3 is 2.96 bits per heavy atom. The van der Waals surface area contributed by atoms with Gasteiger partial charge in [-0.25, -0.2) is 4.98 Å². The van der Waals surface area contributed by atoms with Crippen LogP contribution in [0, 0.1) is 5.41 Å². The van der Waals surface area contributed by atoms with Crippen LogP contribution in [0.3, 0.4) is 0 Å². The van der Waals surface area contributed by atoms with Crippen LogP contribution in [0.4, 0.5) is 0 Å². The van der Waals surface area contributed by atoms with E-state index in [-0.39, 0.29) is 11.9 Å². The molecule has 0 radical (unpaired) electrons. The molecule has 1 unspecified atom stereocenters. The molecule has 1 atom stereocenters. The fourth-order valence-electron chi connectivity index (χ4n) is 4.37. The van der Waals surface area contributed by atoms with Crippen molar-refractivity contribution in [2.75, 3.05) is 40.3 Å². The molecule has 3 N–H and O–H groups in total. The number of likely N-dealkylation sites (N-methyl/N-ethyl adjacent to an activating group) is 1. The smallest absolute Gasteiger partial charge is 0.239 e. The number of piperidine rings is 1. The second kappa shape index (κ2) is 7.48. The number of methoxy groups -OCH3 is 1. The number of carbonyl (C=O) groups excluding carboxylic acids is 1. The molecule has 7 heteroatoms. The van der Waals surface area contributed by atoms with Gasteiger partial charge >= 0.3 is 0 Å². The van der Waals surface area contributed by atoms with Gasteiger partial charge in [-0.1, -0.05) is 0 Å². The first-order chi connectivity index (χ1) is 13.1. The topological polar surface area (TPSA) is 82.3 Å². The number of H-pyrrole nitrogens is 1. The molecule has 1 spiro atoms. The van der Waals surface area contributed by atoms with Gasteiger partial charge in [-0.2, -0.15) is 0 Å². The highest BCUT2D eigenvalue weighted by molar-refractivity contribution is 5.82. The number of nitrogens with one attached hydrogen (secondary N) is 3. The van der Waals surface area contributed by atoms with Gasteiger partial charge in [0.2, 0.25) is 5.91 Å². The van der Waals surface area contributed by atoms with Crippen molar-refractivity contribution in [2.45, 2.75) is 31.7 Å². The zero-order chi connectivity index (χ0) is 18.9. The molecular formula is C20H29N5O2. The molecular weight excluding hydrogens is 342 g/mol. The van der Waals surface area contributed by atoms with E-state index < -0.39 is 0 Å². The number of aromatic amines is 1. The third-order valence-electron chi connectivity index (χ3n) is 6.12. The molecule has 2 aliphatic rings. The standard InChI is InChI=1S/C20H29N5O2/c1-25(19(26)17-12-20(13-22-17)6-8-21-9-7-20)10-5-18-23-15-4-3-14(27-2)11-16(15)24-18/h3-4,11,17,21-22H,5-10,12-13H2,1-2H3,(H,23,24). The van der Waals surface area contributed by atoms with Crippen LogP contribution >= 0.6 is 0 Å². The summed E-state index contributed by atoms with van der Waals surface area (Å²) in [6.45, 7) is 3.75. The molecule has 0 aliphatic carbocycles. The first-order valence-corrected chi connectivity index (χ1v) is 9.80. The summed E-state index contributed by atoms with van der Waals surface area (Å²) in [4.78, 5) is 22.6. The molecule has 1 aromatic carbocycles. The summed E-state index contributed by atoms with van der Waals surface area (Å²) < 4.78 is 5.25. The summed E-state index contributed by atoms with van der Waals surface area (Å²) >= 11 is 0. The Balaban J connectivity index is 1.33. The molecule has 2 aromatic rings. The highest BCUT2D eigenvalue weighted by Gasteiger charge is 2.42. The van der Waals surface area contributed by atoms with Gasteiger partial charge in [-0.3, -0.25) is 4.79 Å². The van der Waals surface area contributed by atoms with Gasteiger partial charge in [0.25, 0.3) is 0 Å². The summed E-state index contributed by atoms with van der Waals surface area (Å²) in [5.74, 6) is 1.90. The quantitative estimate of drug-likeness (QED) is 0.738. The number of ether oxygens (including phenoxy) is 1. The van der Waals surface area contributed by atoms with Gasteiger partial charge in [0, 0.05) is 32.6 Å². The maximum absolute atomic E-state index is 12.8. The number of imidazole rings is 1. The van der Waals surface area contributed by atoms with Crippen LogP contribution in [-0.2, 0) is 11.2 Å². The zero-order valence-corrected chi connectivity index (χ0v) is 16.2. The van der Waals surface area contributed by atoms with Crippen molar-refractivity contribution < 1.29 is 9.53 Å². The molecule has 1 aromatic heterocycles. The summed E-state index contributed by atoms with van der Waals surface area (Å²) in [5, 5.41) is 6.89. The van der Waals surface area contributed by atoms with Crippen LogP contribution < -0.4 is 15.4 Å². The number of amides is 1. The van der Waals surface area contributed by atoms with Gasteiger partial charge in [0.05, 0.1) is 24.2 Å². The Morgan fingerprint density at radius 1 is 1.37 bits per heavy atom. The summed E-state index contributed by atoms with van der Waals surface area (Å²) in [5.41, 5.74) is 2.19. The predicted octanol–water partition coefficient (Wildman–Crippen LogP) is 1.30. The number of aromatic nitrogens is 2.